The molecule has 3 aliphatic heterocycles. The predicted molar refractivity (Wildman–Crippen MR) is 94.4 cm³/mol. The van der Waals surface area contributed by atoms with Crippen molar-refractivity contribution < 1.29 is 27.6 Å². The van der Waals surface area contributed by atoms with Crippen molar-refractivity contribution in [3.05, 3.63) is 36.1 Å². The zero-order valence-corrected chi connectivity index (χ0v) is 14.9. The van der Waals surface area contributed by atoms with Crippen LogP contribution in [0.4, 0.5) is 30.8 Å². The molecule has 3 fully saturated rings. The van der Waals surface area contributed by atoms with Gasteiger partial charge in [0.25, 0.3) is 0 Å². The van der Waals surface area contributed by atoms with Gasteiger partial charge in [0.2, 0.25) is 0 Å². The second-order valence-corrected chi connectivity index (χ2v) is 7.49. The maximum atomic E-state index is 14.6. The number of anilines is 3. The first kappa shape index (κ1) is 17.2. The third kappa shape index (κ3) is 2.84. The van der Waals surface area contributed by atoms with Crippen molar-refractivity contribution in [2.24, 2.45) is 5.41 Å². The Morgan fingerprint density at radius 3 is 2.61 bits per heavy atom. The summed E-state index contributed by atoms with van der Waals surface area (Å²) in [6.45, 7) is 2.88. The monoisotopic (exact) mass is 392 g/mol. The highest BCUT2D eigenvalue weighted by atomic mass is 19.1. The first-order chi connectivity index (χ1) is 13.5. The fourth-order valence-electron chi connectivity index (χ4n) is 3.87. The van der Waals surface area contributed by atoms with Crippen LogP contribution in [0.15, 0.2) is 29.0 Å². The largest absolute Gasteiger partial charge is 0.442 e. The first-order valence-corrected chi connectivity index (χ1v) is 8.97. The Kier molecular flexibility index (Phi) is 3.90. The zero-order chi connectivity index (χ0) is 19.3. The van der Waals surface area contributed by atoms with E-state index in [4.69, 9.17) is 14.0 Å². The minimum atomic E-state index is -0.693. The van der Waals surface area contributed by atoms with Crippen molar-refractivity contribution in [2.75, 3.05) is 54.5 Å². The Bertz CT molecular complexity index is 872. The highest BCUT2D eigenvalue weighted by molar-refractivity contribution is 5.90. The van der Waals surface area contributed by atoms with Crippen LogP contribution in [-0.2, 0) is 9.47 Å². The van der Waals surface area contributed by atoms with Gasteiger partial charge in [-0.25, -0.2) is 13.6 Å². The van der Waals surface area contributed by atoms with Crippen LogP contribution < -0.4 is 15.1 Å². The second-order valence-electron chi connectivity index (χ2n) is 7.49. The van der Waals surface area contributed by atoms with Crippen molar-refractivity contribution in [3.63, 3.8) is 0 Å². The number of halogens is 2. The summed E-state index contributed by atoms with van der Waals surface area (Å²) in [5.41, 5.74) is 0.119. The van der Waals surface area contributed by atoms with Gasteiger partial charge >= 0.3 is 6.09 Å². The minimum absolute atomic E-state index is 0.0420. The van der Waals surface area contributed by atoms with Gasteiger partial charge in [-0.3, -0.25) is 4.90 Å². The molecule has 1 amide bonds. The summed E-state index contributed by atoms with van der Waals surface area (Å²) < 4.78 is 44.5. The van der Waals surface area contributed by atoms with E-state index < -0.39 is 23.8 Å². The van der Waals surface area contributed by atoms with Crippen LogP contribution in [0.25, 0.3) is 0 Å². The minimum Gasteiger partial charge on any atom is -0.442 e. The number of hydrogen-bond acceptors (Lipinski definition) is 7. The summed E-state index contributed by atoms with van der Waals surface area (Å²) >= 11 is 0. The molecule has 5 rings (SSSR count). The van der Waals surface area contributed by atoms with E-state index in [0.717, 1.165) is 0 Å². The number of rotatable bonds is 5. The Morgan fingerprint density at radius 2 is 2.00 bits per heavy atom. The number of carbonyl (C=O) groups is 1. The van der Waals surface area contributed by atoms with Crippen LogP contribution in [0.1, 0.15) is 0 Å². The molecule has 0 unspecified atom stereocenters. The highest BCUT2D eigenvalue weighted by Gasteiger charge is 2.50. The van der Waals surface area contributed by atoms with Gasteiger partial charge in [-0.05, 0) is 0 Å². The Labute approximate surface area is 159 Å². The third-order valence-electron chi connectivity index (χ3n) is 5.32. The van der Waals surface area contributed by atoms with Gasteiger partial charge in [-0.2, -0.15) is 0 Å². The van der Waals surface area contributed by atoms with Gasteiger partial charge in [-0.15, -0.1) is 0 Å². The SMILES string of the molecule is O=C1O[C@@H](CNc2ccon2)CN1c1cc(F)c(N2CC3(COC3)C2)c(F)c1. The molecule has 0 saturated carbocycles. The number of ether oxygens (including phenoxy) is 2. The summed E-state index contributed by atoms with van der Waals surface area (Å²) in [5, 5.41) is 6.67. The number of cyclic esters (lactones) is 1. The van der Waals surface area contributed by atoms with Gasteiger partial charge in [-0.1, -0.05) is 5.16 Å². The van der Waals surface area contributed by atoms with E-state index in [0.29, 0.717) is 38.7 Å². The first-order valence-electron chi connectivity index (χ1n) is 8.97. The fraction of sp³-hybridized carbons (Fsp3) is 0.444. The van der Waals surface area contributed by atoms with Crippen LogP contribution in [0.5, 0.6) is 0 Å². The molecule has 0 radical (unpaired) electrons. The molecular formula is C18H18F2N4O4. The Balaban J connectivity index is 1.27. The fourth-order valence-corrected chi connectivity index (χ4v) is 3.87. The lowest BCUT2D eigenvalue weighted by atomic mass is 9.77. The number of hydrogen-bond donors (Lipinski definition) is 1. The summed E-state index contributed by atoms with van der Waals surface area (Å²) in [7, 11) is 0. The van der Waals surface area contributed by atoms with E-state index in [9.17, 15) is 13.6 Å². The molecule has 4 heterocycles. The van der Waals surface area contributed by atoms with Crippen LogP contribution in [0.3, 0.4) is 0 Å². The van der Waals surface area contributed by atoms with Crippen molar-refractivity contribution in [1.82, 2.24) is 5.16 Å². The number of nitrogens with zero attached hydrogens (tertiary/aromatic N) is 3. The van der Waals surface area contributed by atoms with Gasteiger partial charge in [0.15, 0.2) is 17.5 Å². The number of aromatic nitrogens is 1. The molecule has 8 nitrogen and oxygen atoms in total. The van der Waals surface area contributed by atoms with Crippen molar-refractivity contribution in [1.29, 1.82) is 0 Å². The number of carbonyl (C=O) groups excluding carboxylic acids is 1. The quantitative estimate of drug-likeness (QED) is 0.836. The van der Waals surface area contributed by atoms with Crippen LogP contribution in [0.2, 0.25) is 0 Å². The summed E-state index contributed by atoms with van der Waals surface area (Å²) in [6, 6.07) is 3.98. The Morgan fingerprint density at radius 1 is 1.25 bits per heavy atom. The normalized spacial score (nSPS) is 22.8. The van der Waals surface area contributed by atoms with Gasteiger partial charge in [0, 0.05) is 31.3 Å². The van der Waals surface area contributed by atoms with Gasteiger partial charge < -0.3 is 24.2 Å². The van der Waals surface area contributed by atoms with E-state index in [1.807, 2.05) is 0 Å². The zero-order valence-electron chi connectivity index (χ0n) is 14.9. The number of amides is 1. The molecular weight excluding hydrogens is 374 g/mol. The van der Waals surface area contributed by atoms with E-state index in [2.05, 4.69) is 10.5 Å². The molecule has 3 aliphatic rings. The van der Waals surface area contributed by atoms with Crippen LogP contribution in [0, 0.1) is 17.0 Å². The predicted octanol–water partition coefficient (Wildman–Crippen LogP) is 2.23. The number of nitrogens with one attached hydrogen (secondary N) is 1. The molecule has 148 valence electrons. The molecule has 0 bridgehead atoms. The molecule has 1 aromatic heterocycles. The second kappa shape index (κ2) is 6.33. The summed E-state index contributed by atoms with van der Waals surface area (Å²) in [5.74, 6) is -0.871. The smallest absolute Gasteiger partial charge is 0.414 e. The lowest BCUT2D eigenvalue weighted by molar-refractivity contribution is -0.127. The molecule has 3 saturated heterocycles. The van der Waals surface area contributed by atoms with E-state index >= 15 is 0 Å². The molecule has 10 heteroatoms. The molecule has 2 aromatic rings. The standard InChI is InChI=1S/C18H18F2N4O4/c19-13-3-11(4-14(20)16(13)23-7-18(8-23)9-26-10-18)24-6-12(28-17(24)25)5-21-15-1-2-27-22-15/h1-4,12H,5-10H2,(H,21,22)/t12-/m0/s1. The maximum absolute atomic E-state index is 14.6. The lowest BCUT2D eigenvalue weighted by Gasteiger charge is -2.56. The van der Waals surface area contributed by atoms with Gasteiger partial charge in [0.1, 0.15) is 18.1 Å². The van der Waals surface area contributed by atoms with E-state index in [-0.39, 0.29) is 23.3 Å². The highest BCUT2D eigenvalue weighted by Crippen LogP contribution is 2.42. The van der Waals surface area contributed by atoms with Crippen molar-refractivity contribution in [2.45, 2.75) is 6.10 Å². The average Bonchev–Trinajstić information content (AvgIpc) is 3.21. The molecule has 1 N–H and O–H groups in total. The molecule has 1 aromatic carbocycles. The van der Waals surface area contributed by atoms with E-state index in [1.165, 1.54) is 23.3 Å². The average molecular weight is 392 g/mol. The maximum Gasteiger partial charge on any atom is 0.414 e. The lowest BCUT2D eigenvalue weighted by Crippen LogP contribution is -2.66. The van der Waals surface area contributed by atoms with Crippen LogP contribution >= 0.6 is 0 Å². The third-order valence-corrected chi connectivity index (χ3v) is 5.32. The molecule has 1 spiro atoms. The number of benzene rings is 1. The van der Waals surface area contributed by atoms with Crippen molar-refractivity contribution >= 4 is 23.3 Å². The Hall–Kier alpha value is -2.88. The summed E-state index contributed by atoms with van der Waals surface area (Å²) in [4.78, 5) is 15.1. The van der Waals surface area contributed by atoms with E-state index in [1.54, 1.807) is 11.0 Å². The molecule has 28 heavy (non-hydrogen) atoms. The molecule has 0 aliphatic carbocycles. The topological polar surface area (TPSA) is 80.1 Å². The summed E-state index contributed by atoms with van der Waals surface area (Å²) in [6.07, 6.45) is 0.289. The van der Waals surface area contributed by atoms with Gasteiger partial charge in [0.05, 0.1) is 37.4 Å². The van der Waals surface area contributed by atoms with Crippen LogP contribution in [-0.4, -0.2) is 56.7 Å². The molecule has 1 atom stereocenters. The van der Waals surface area contributed by atoms with Crippen molar-refractivity contribution in [3.8, 4) is 0 Å².